The molecule has 1 aromatic rings. The van der Waals surface area contributed by atoms with Crippen LogP contribution >= 0.6 is 11.6 Å². The summed E-state index contributed by atoms with van der Waals surface area (Å²) in [5, 5.41) is 0.408. The molecule has 2 aliphatic rings. The van der Waals surface area contributed by atoms with Crippen molar-refractivity contribution in [2.45, 2.75) is 45.3 Å². The molecule has 2 aliphatic heterocycles. The van der Waals surface area contributed by atoms with E-state index in [9.17, 15) is 22.8 Å². The minimum absolute atomic E-state index is 0.00916. The van der Waals surface area contributed by atoms with Crippen molar-refractivity contribution < 1.29 is 22.8 Å². The van der Waals surface area contributed by atoms with Crippen molar-refractivity contribution in [1.29, 1.82) is 0 Å². The maximum absolute atomic E-state index is 12.8. The number of alkyl halides is 3. The molecule has 3 rings (SSSR count). The standard InChI is InChI=1S/C22H25ClF3N3O2/c1-21(2,3)29-14-13-28(20(29)31)10-4-5-17-16-9-12-27(19(30)22(24,25)26)11-8-15(16)6-7-18(17)23/h6-7H,8-14H2,1-3H3. The monoisotopic (exact) mass is 455 g/mol. The summed E-state index contributed by atoms with van der Waals surface area (Å²) in [6.07, 6.45) is -4.35. The molecule has 168 valence electrons. The van der Waals surface area contributed by atoms with Gasteiger partial charge in [-0.2, -0.15) is 13.2 Å². The number of benzene rings is 1. The maximum atomic E-state index is 12.8. The smallest absolute Gasteiger partial charge is 0.334 e. The quantitative estimate of drug-likeness (QED) is 0.606. The van der Waals surface area contributed by atoms with Crippen LogP contribution in [0.4, 0.5) is 18.0 Å². The van der Waals surface area contributed by atoms with Crippen molar-refractivity contribution in [3.05, 3.63) is 33.8 Å². The summed E-state index contributed by atoms with van der Waals surface area (Å²) in [7, 11) is 0. The third-order valence-corrected chi connectivity index (χ3v) is 5.87. The van der Waals surface area contributed by atoms with Crippen LogP contribution in [0, 0.1) is 11.8 Å². The number of halogens is 4. The van der Waals surface area contributed by atoms with E-state index in [1.165, 1.54) is 0 Å². The Balaban J connectivity index is 1.76. The Kier molecular flexibility index (Phi) is 6.47. The molecule has 1 fully saturated rings. The van der Waals surface area contributed by atoms with Gasteiger partial charge < -0.3 is 14.7 Å². The summed E-state index contributed by atoms with van der Waals surface area (Å²) >= 11 is 6.34. The van der Waals surface area contributed by atoms with Gasteiger partial charge in [0.1, 0.15) is 0 Å². The molecule has 1 aromatic carbocycles. The number of hydrogen-bond donors (Lipinski definition) is 0. The fourth-order valence-corrected chi connectivity index (χ4v) is 4.11. The van der Waals surface area contributed by atoms with Gasteiger partial charge >= 0.3 is 18.1 Å². The van der Waals surface area contributed by atoms with Crippen LogP contribution in [0.25, 0.3) is 0 Å². The largest absolute Gasteiger partial charge is 0.471 e. The third kappa shape index (κ3) is 5.09. The van der Waals surface area contributed by atoms with Gasteiger partial charge in [-0.15, -0.1) is 0 Å². The lowest BCUT2D eigenvalue weighted by Crippen LogP contribution is -2.44. The summed E-state index contributed by atoms with van der Waals surface area (Å²) in [5.41, 5.74) is 1.89. The fraction of sp³-hybridized carbons (Fsp3) is 0.545. The molecule has 0 N–H and O–H groups in total. The minimum Gasteiger partial charge on any atom is -0.334 e. The van der Waals surface area contributed by atoms with Crippen LogP contribution in [0.2, 0.25) is 5.02 Å². The average molecular weight is 456 g/mol. The lowest BCUT2D eigenvalue weighted by molar-refractivity contribution is -0.185. The Labute approximate surface area is 185 Å². The Hall–Kier alpha value is -2.40. The molecule has 0 spiro atoms. The predicted octanol–water partition coefficient (Wildman–Crippen LogP) is 3.72. The van der Waals surface area contributed by atoms with E-state index in [2.05, 4.69) is 11.8 Å². The minimum atomic E-state index is -4.89. The van der Waals surface area contributed by atoms with Crippen LogP contribution in [0.5, 0.6) is 0 Å². The Morgan fingerprint density at radius 3 is 2.39 bits per heavy atom. The second-order valence-corrected chi connectivity index (χ2v) is 9.09. The Morgan fingerprint density at radius 1 is 1.10 bits per heavy atom. The second kappa shape index (κ2) is 8.62. The van der Waals surface area contributed by atoms with Crippen molar-refractivity contribution in [1.82, 2.24) is 14.7 Å². The van der Waals surface area contributed by atoms with Gasteiger partial charge in [0.15, 0.2) is 0 Å². The van der Waals surface area contributed by atoms with Gasteiger partial charge in [-0.05, 0) is 50.8 Å². The molecule has 1 saturated heterocycles. The van der Waals surface area contributed by atoms with E-state index >= 15 is 0 Å². The Bertz CT molecular complexity index is 944. The van der Waals surface area contributed by atoms with Crippen molar-refractivity contribution >= 4 is 23.5 Å². The summed E-state index contributed by atoms with van der Waals surface area (Å²) in [6.45, 7) is 7.33. The number of hydrogen-bond acceptors (Lipinski definition) is 2. The van der Waals surface area contributed by atoms with Gasteiger partial charge in [0.05, 0.1) is 11.6 Å². The van der Waals surface area contributed by atoms with E-state index in [1.54, 1.807) is 21.9 Å². The van der Waals surface area contributed by atoms with Gasteiger partial charge in [0, 0.05) is 37.3 Å². The van der Waals surface area contributed by atoms with Crippen LogP contribution in [0.3, 0.4) is 0 Å². The zero-order valence-corrected chi connectivity index (χ0v) is 18.5. The number of carbonyl (C=O) groups excluding carboxylic acids is 2. The number of fused-ring (bicyclic) bond motifs is 1. The first kappa shape index (κ1) is 23.3. The lowest BCUT2D eigenvalue weighted by Gasteiger charge is -2.31. The molecule has 0 radical (unpaired) electrons. The highest BCUT2D eigenvalue weighted by Crippen LogP contribution is 2.28. The predicted molar refractivity (Wildman–Crippen MR) is 112 cm³/mol. The molecule has 9 heteroatoms. The number of amides is 3. The topological polar surface area (TPSA) is 43.9 Å². The molecule has 5 nitrogen and oxygen atoms in total. The second-order valence-electron chi connectivity index (χ2n) is 8.68. The van der Waals surface area contributed by atoms with E-state index in [4.69, 9.17) is 11.6 Å². The van der Waals surface area contributed by atoms with E-state index in [-0.39, 0.29) is 37.6 Å². The van der Waals surface area contributed by atoms with Gasteiger partial charge in [0.2, 0.25) is 0 Å². The average Bonchev–Trinajstić information content (AvgIpc) is 2.91. The summed E-state index contributed by atoms with van der Waals surface area (Å²) in [5.74, 6) is 4.20. The van der Waals surface area contributed by atoms with Crippen LogP contribution in [-0.2, 0) is 17.6 Å². The molecule has 0 atom stereocenters. The first-order valence-corrected chi connectivity index (χ1v) is 10.5. The molecule has 2 heterocycles. The van der Waals surface area contributed by atoms with Crippen molar-refractivity contribution in [2.24, 2.45) is 0 Å². The first-order chi connectivity index (χ1) is 14.4. The highest BCUT2D eigenvalue weighted by Gasteiger charge is 2.42. The number of nitrogens with zero attached hydrogens (tertiary/aromatic N) is 3. The molecule has 3 amide bonds. The third-order valence-electron chi connectivity index (χ3n) is 5.56. The summed E-state index contributed by atoms with van der Waals surface area (Å²) in [4.78, 5) is 28.5. The number of rotatable bonds is 1. The molecular formula is C22H25ClF3N3O2. The number of carbonyl (C=O) groups is 2. The highest BCUT2D eigenvalue weighted by molar-refractivity contribution is 6.31. The van der Waals surface area contributed by atoms with Gasteiger partial charge in [-0.25, -0.2) is 4.79 Å². The van der Waals surface area contributed by atoms with Crippen LogP contribution in [0.15, 0.2) is 12.1 Å². The molecule has 0 bridgehead atoms. The van der Waals surface area contributed by atoms with E-state index < -0.39 is 12.1 Å². The molecule has 0 aliphatic carbocycles. The van der Waals surface area contributed by atoms with Crippen LogP contribution in [-0.4, -0.2) is 71.1 Å². The SMILES string of the molecule is CC(C)(C)N1CCN(CC#Cc2c(Cl)ccc3c2CCN(C(=O)C(F)(F)F)CC3)C1=O. The van der Waals surface area contributed by atoms with Crippen LogP contribution in [0.1, 0.15) is 37.5 Å². The van der Waals surface area contributed by atoms with Gasteiger partial charge in [-0.3, -0.25) is 4.79 Å². The van der Waals surface area contributed by atoms with Crippen molar-refractivity contribution in [2.75, 3.05) is 32.7 Å². The molecular weight excluding hydrogens is 431 g/mol. The Morgan fingerprint density at radius 2 is 1.77 bits per heavy atom. The zero-order valence-electron chi connectivity index (χ0n) is 17.8. The molecule has 0 saturated carbocycles. The maximum Gasteiger partial charge on any atom is 0.471 e. The first-order valence-electron chi connectivity index (χ1n) is 10.1. The summed E-state index contributed by atoms with van der Waals surface area (Å²) in [6, 6.07) is 3.38. The van der Waals surface area contributed by atoms with E-state index in [0.717, 1.165) is 16.0 Å². The van der Waals surface area contributed by atoms with E-state index in [1.807, 2.05) is 20.8 Å². The van der Waals surface area contributed by atoms with E-state index in [0.29, 0.717) is 30.1 Å². The zero-order chi connectivity index (χ0) is 23.0. The summed E-state index contributed by atoms with van der Waals surface area (Å²) < 4.78 is 38.4. The normalized spacial score (nSPS) is 17.3. The molecule has 31 heavy (non-hydrogen) atoms. The van der Waals surface area contributed by atoms with Gasteiger partial charge in [0.25, 0.3) is 0 Å². The molecule has 0 unspecified atom stereocenters. The lowest BCUT2D eigenvalue weighted by atomic mass is 9.97. The van der Waals surface area contributed by atoms with Crippen molar-refractivity contribution in [3.8, 4) is 11.8 Å². The van der Waals surface area contributed by atoms with Gasteiger partial charge in [-0.1, -0.05) is 29.5 Å². The van der Waals surface area contributed by atoms with Crippen LogP contribution < -0.4 is 0 Å². The molecule has 0 aromatic heterocycles. The fourth-order valence-electron chi connectivity index (χ4n) is 3.89. The highest BCUT2D eigenvalue weighted by atomic mass is 35.5. The number of urea groups is 1. The van der Waals surface area contributed by atoms with Crippen molar-refractivity contribution in [3.63, 3.8) is 0 Å².